The van der Waals surface area contributed by atoms with Gasteiger partial charge < -0.3 is 0 Å². The summed E-state index contributed by atoms with van der Waals surface area (Å²) in [4.78, 5) is 14.5. The van der Waals surface area contributed by atoms with Gasteiger partial charge in [-0.05, 0) is 12.1 Å². The van der Waals surface area contributed by atoms with E-state index in [1.165, 1.54) is 6.08 Å². The minimum atomic E-state index is -0.490. The van der Waals surface area contributed by atoms with Crippen molar-refractivity contribution in [2.24, 2.45) is 0 Å². The Morgan fingerprint density at radius 3 is 2.60 bits per heavy atom. The molecule has 2 aromatic heterocycles. The molecule has 0 spiro atoms. The highest BCUT2D eigenvalue weighted by molar-refractivity contribution is 5.72. The third-order valence-electron chi connectivity index (χ3n) is 2.96. The van der Waals surface area contributed by atoms with E-state index in [4.69, 9.17) is 0 Å². The van der Waals surface area contributed by atoms with Crippen molar-refractivity contribution in [1.82, 2.24) is 9.38 Å². The minimum Gasteiger partial charge on any atom is -0.299 e. The fraction of sp³-hybridized carbons (Fsp3) is 0. The molecule has 0 fully saturated rings. The molecular weight excluding hydrogens is 254 g/mol. The zero-order valence-corrected chi connectivity index (χ0v) is 10.5. The molecule has 0 atom stereocenters. The number of benzene rings is 1. The molecule has 98 valence electrons. The number of pyridine rings is 1. The Labute approximate surface area is 115 Å². The molecule has 0 saturated carbocycles. The Kier molecular flexibility index (Phi) is 3.01. The van der Waals surface area contributed by atoms with Crippen molar-refractivity contribution in [2.75, 3.05) is 0 Å². The van der Waals surface area contributed by atoms with Gasteiger partial charge in [-0.1, -0.05) is 36.4 Å². The molecule has 3 rings (SSSR count). The van der Waals surface area contributed by atoms with E-state index in [-0.39, 0.29) is 0 Å². The molecule has 20 heavy (non-hydrogen) atoms. The predicted molar refractivity (Wildman–Crippen MR) is 76.7 cm³/mol. The lowest BCUT2D eigenvalue weighted by molar-refractivity contribution is -0.400. The maximum Gasteiger partial charge on any atom is 0.236 e. The van der Waals surface area contributed by atoms with Gasteiger partial charge in [-0.15, -0.1) is 0 Å². The van der Waals surface area contributed by atoms with Crippen LogP contribution >= 0.6 is 0 Å². The molecule has 0 aliphatic rings. The van der Waals surface area contributed by atoms with Crippen LogP contribution in [0.3, 0.4) is 0 Å². The van der Waals surface area contributed by atoms with Crippen LogP contribution < -0.4 is 0 Å². The molecule has 0 unspecified atom stereocenters. The number of aromatic nitrogens is 2. The molecule has 0 saturated heterocycles. The highest BCUT2D eigenvalue weighted by Crippen LogP contribution is 2.23. The van der Waals surface area contributed by atoms with Crippen LogP contribution in [0.15, 0.2) is 60.9 Å². The van der Waals surface area contributed by atoms with Gasteiger partial charge in [-0.2, -0.15) is 0 Å². The zero-order valence-electron chi connectivity index (χ0n) is 10.5. The Hall–Kier alpha value is -2.95. The molecular formula is C15H11N3O2. The monoisotopic (exact) mass is 265 g/mol. The maximum atomic E-state index is 10.5. The zero-order chi connectivity index (χ0) is 13.9. The second kappa shape index (κ2) is 4.97. The van der Waals surface area contributed by atoms with E-state index in [0.29, 0.717) is 5.69 Å². The molecule has 5 nitrogen and oxygen atoms in total. The van der Waals surface area contributed by atoms with Crippen LogP contribution in [0.25, 0.3) is 23.0 Å². The van der Waals surface area contributed by atoms with Gasteiger partial charge >= 0.3 is 0 Å². The smallest absolute Gasteiger partial charge is 0.236 e. The van der Waals surface area contributed by atoms with E-state index in [1.54, 1.807) is 0 Å². The number of fused-ring (bicyclic) bond motifs is 1. The molecule has 0 bridgehead atoms. The summed E-state index contributed by atoms with van der Waals surface area (Å²) >= 11 is 0. The summed E-state index contributed by atoms with van der Waals surface area (Å²) in [5, 5.41) is 10.5. The predicted octanol–water partition coefficient (Wildman–Crippen LogP) is 3.25. The summed E-state index contributed by atoms with van der Waals surface area (Å²) in [6.07, 6.45) is 4.22. The average molecular weight is 265 g/mol. The van der Waals surface area contributed by atoms with Crippen LogP contribution in [0, 0.1) is 10.1 Å². The summed E-state index contributed by atoms with van der Waals surface area (Å²) in [5.41, 5.74) is 2.39. The van der Waals surface area contributed by atoms with Gasteiger partial charge in [0.05, 0.1) is 16.1 Å². The van der Waals surface area contributed by atoms with E-state index in [9.17, 15) is 10.1 Å². The highest BCUT2D eigenvalue weighted by Gasteiger charge is 2.10. The topological polar surface area (TPSA) is 60.4 Å². The summed E-state index contributed by atoms with van der Waals surface area (Å²) in [6, 6.07) is 15.4. The Balaban J connectivity index is 2.21. The van der Waals surface area contributed by atoms with Gasteiger partial charge in [-0.25, -0.2) is 4.98 Å². The molecule has 0 radical (unpaired) electrons. The maximum absolute atomic E-state index is 10.5. The van der Waals surface area contributed by atoms with Crippen LogP contribution in [0.4, 0.5) is 0 Å². The first-order valence-electron chi connectivity index (χ1n) is 6.10. The van der Waals surface area contributed by atoms with Crippen LogP contribution in [0.2, 0.25) is 0 Å². The fourth-order valence-electron chi connectivity index (χ4n) is 2.11. The average Bonchev–Trinajstić information content (AvgIpc) is 2.85. The number of hydrogen-bond donors (Lipinski definition) is 0. The standard InChI is InChI=1S/C15H11N3O2/c19-18(20)11-9-13-14-8-4-5-10-17(14)15(16-13)12-6-2-1-3-7-12/h1-11H. The van der Waals surface area contributed by atoms with E-state index < -0.39 is 4.92 Å². The van der Waals surface area contributed by atoms with Crippen LogP contribution in [0.5, 0.6) is 0 Å². The first-order chi connectivity index (χ1) is 9.75. The molecule has 0 aliphatic carbocycles. The van der Waals surface area contributed by atoms with Crippen molar-refractivity contribution < 1.29 is 4.92 Å². The number of hydrogen-bond acceptors (Lipinski definition) is 3. The van der Waals surface area contributed by atoms with Crippen LogP contribution in [-0.4, -0.2) is 14.3 Å². The highest BCUT2D eigenvalue weighted by atomic mass is 16.6. The lowest BCUT2D eigenvalue weighted by atomic mass is 10.2. The summed E-state index contributed by atoms with van der Waals surface area (Å²) in [6.45, 7) is 0. The van der Waals surface area contributed by atoms with E-state index in [1.807, 2.05) is 59.1 Å². The third-order valence-corrected chi connectivity index (χ3v) is 2.96. The first-order valence-corrected chi connectivity index (χ1v) is 6.10. The number of rotatable bonds is 3. The van der Waals surface area contributed by atoms with Crippen molar-refractivity contribution in [1.29, 1.82) is 0 Å². The molecule has 0 aliphatic heterocycles. The van der Waals surface area contributed by atoms with Crippen LogP contribution in [0.1, 0.15) is 5.69 Å². The molecule has 3 aromatic rings. The SMILES string of the molecule is O=[N+]([O-])C=Cc1nc(-c2ccccc2)n2ccccc12. The lowest BCUT2D eigenvalue weighted by Crippen LogP contribution is -1.87. The summed E-state index contributed by atoms with van der Waals surface area (Å²) in [7, 11) is 0. The second-order valence-electron chi connectivity index (χ2n) is 4.24. The van der Waals surface area contributed by atoms with Gasteiger partial charge in [0, 0.05) is 17.8 Å². The van der Waals surface area contributed by atoms with Crippen molar-refractivity contribution in [3.05, 3.63) is 76.7 Å². The molecule has 1 aromatic carbocycles. The first kappa shape index (κ1) is 12.1. The lowest BCUT2D eigenvalue weighted by Gasteiger charge is -1.99. The van der Waals surface area contributed by atoms with E-state index >= 15 is 0 Å². The van der Waals surface area contributed by atoms with Gasteiger partial charge in [0.2, 0.25) is 6.20 Å². The number of nitro groups is 1. The quantitative estimate of drug-likeness (QED) is 0.539. The van der Waals surface area contributed by atoms with Crippen molar-refractivity contribution in [2.45, 2.75) is 0 Å². The van der Waals surface area contributed by atoms with Gasteiger partial charge in [0.15, 0.2) is 0 Å². The molecule has 0 amide bonds. The Bertz CT molecular complexity index is 791. The second-order valence-corrected chi connectivity index (χ2v) is 4.24. The Morgan fingerprint density at radius 2 is 1.85 bits per heavy atom. The van der Waals surface area contributed by atoms with Crippen molar-refractivity contribution in [3.63, 3.8) is 0 Å². The van der Waals surface area contributed by atoms with Gasteiger partial charge in [0.25, 0.3) is 0 Å². The van der Waals surface area contributed by atoms with Crippen molar-refractivity contribution >= 4 is 11.6 Å². The molecule has 5 heteroatoms. The van der Waals surface area contributed by atoms with Gasteiger partial charge in [-0.3, -0.25) is 14.5 Å². The largest absolute Gasteiger partial charge is 0.299 e. The fourth-order valence-corrected chi connectivity index (χ4v) is 2.11. The number of nitrogens with zero attached hydrogens (tertiary/aromatic N) is 3. The normalized spacial score (nSPS) is 11.2. The van der Waals surface area contributed by atoms with E-state index in [0.717, 1.165) is 23.1 Å². The van der Waals surface area contributed by atoms with Crippen molar-refractivity contribution in [3.8, 4) is 11.4 Å². The third kappa shape index (κ3) is 2.16. The molecule has 2 heterocycles. The van der Waals surface area contributed by atoms with Crippen LogP contribution in [-0.2, 0) is 0 Å². The number of imidazole rings is 1. The molecule has 0 N–H and O–H groups in total. The Morgan fingerprint density at radius 1 is 1.10 bits per heavy atom. The minimum absolute atomic E-state index is 0.490. The van der Waals surface area contributed by atoms with Gasteiger partial charge in [0.1, 0.15) is 5.82 Å². The summed E-state index contributed by atoms with van der Waals surface area (Å²) in [5.74, 6) is 0.768. The van der Waals surface area contributed by atoms with E-state index in [2.05, 4.69) is 4.98 Å². The summed E-state index contributed by atoms with van der Waals surface area (Å²) < 4.78 is 1.93.